The van der Waals surface area contributed by atoms with Gasteiger partial charge < -0.3 is 19.5 Å². The van der Waals surface area contributed by atoms with Crippen molar-refractivity contribution < 1.29 is 9.26 Å². The van der Waals surface area contributed by atoms with Gasteiger partial charge in [-0.1, -0.05) is 22.8 Å². The summed E-state index contributed by atoms with van der Waals surface area (Å²) in [5, 5.41) is 8.06. The molecular formula is C18H25ClIN5O2. The lowest BCUT2D eigenvalue weighted by atomic mass is 10.2. The molecule has 0 unspecified atom stereocenters. The van der Waals surface area contributed by atoms with Crippen LogP contribution in [-0.4, -0.2) is 61.3 Å². The van der Waals surface area contributed by atoms with E-state index < -0.39 is 0 Å². The van der Waals surface area contributed by atoms with Gasteiger partial charge in [0.15, 0.2) is 5.96 Å². The van der Waals surface area contributed by atoms with Gasteiger partial charge in [0.1, 0.15) is 12.0 Å². The largest absolute Gasteiger partial charge is 0.496 e. The summed E-state index contributed by atoms with van der Waals surface area (Å²) in [5.74, 6) is 1.67. The van der Waals surface area contributed by atoms with E-state index in [9.17, 15) is 0 Å². The third-order valence-corrected chi connectivity index (χ3v) is 4.68. The maximum Gasteiger partial charge on any atom is 0.194 e. The number of nitrogens with zero attached hydrogens (tertiary/aromatic N) is 4. The van der Waals surface area contributed by atoms with Crippen molar-refractivity contribution in [3.8, 4) is 5.75 Å². The third kappa shape index (κ3) is 5.98. The number of rotatable bonds is 5. The second-order valence-corrected chi connectivity index (χ2v) is 6.55. The second kappa shape index (κ2) is 10.7. The van der Waals surface area contributed by atoms with Crippen LogP contribution < -0.4 is 10.1 Å². The van der Waals surface area contributed by atoms with Crippen LogP contribution in [0.4, 0.5) is 0 Å². The fourth-order valence-electron chi connectivity index (χ4n) is 3.04. The lowest BCUT2D eigenvalue weighted by Crippen LogP contribution is -2.52. The molecule has 0 radical (unpaired) electrons. The van der Waals surface area contributed by atoms with Gasteiger partial charge in [0, 0.05) is 63.0 Å². The summed E-state index contributed by atoms with van der Waals surface area (Å²) in [7, 11) is 3.46. The number of methoxy groups -OCH3 is 1. The zero-order valence-corrected chi connectivity index (χ0v) is 18.6. The van der Waals surface area contributed by atoms with Crippen molar-refractivity contribution in [1.82, 2.24) is 20.3 Å². The molecule has 3 rings (SSSR count). The average molecular weight is 506 g/mol. The van der Waals surface area contributed by atoms with Crippen molar-refractivity contribution >= 4 is 41.5 Å². The number of halogens is 2. The molecule has 1 aliphatic rings. The molecule has 148 valence electrons. The minimum Gasteiger partial charge on any atom is -0.496 e. The van der Waals surface area contributed by atoms with Crippen molar-refractivity contribution in [1.29, 1.82) is 0 Å². The van der Waals surface area contributed by atoms with Gasteiger partial charge in [0.2, 0.25) is 0 Å². The molecule has 0 aliphatic carbocycles. The Morgan fingerprint density at radius 2 is 2.07 bits per heavy atom. The van der Waals surface area contributed by atoms with E-state index >= 15 is 0 Å². The number of piperazine rings is 1. The summed E-state index contributed by atoms with van der Waals surface area (Å²) < 4.78 is 10.3. The fourth-order valence-corrected chi connectivity index (χ4v) is 3.20. The zero-order chi connectivity index (χ0) is 18.4. The van der Waals surface area contributed by atoms with Crippen molar-refractivity contribution in [2.24, 2.45) is 4.99 Å². The highest BCUT2D eigenvalue weighted by molar-refractivity contribution is 14.0. The van der Waals surface area contributed by atoms with Crippen LogP contribution in [0.5, 0.6) is 5.75 Å². The molecule has 0 bridgehead atoms. The molecule has 0 atom stereocenters. The summed E-state index contributed by atoms with van der Waals surface area (Å²) in [4.78, 5) is 9.05. The highest BCUT2D eigenvalue weighted by Crippen LogP contribution is 2.23. The SMILES string of the molecule is CN=C(NCc1ccc(Cl)cc1OC)N1CCN(Cc2ccon2)CC1.I. The van der Waals surface area contributed by atoms with E-state index in [-0.39, 0.29) is 24.0 Å². The van der Waals surface area contributed by atoms with Crippen molar-refractivity contribution in [3.05, 3.63) is 46.8 Å². The molecule has 1 fully saturated rings. The Balaban J connectivity index is 0.00000261. The number of hydrogen-bond acceptors (Lipinski definition) is 5. The number of ether oxygens (including phenoxy) is 1. The van der Waals surface area contributed by atoms with Crippen LogP contribution in [0.15, 0.2) is 40.0 Å². The summed E-state index contributed by atoms with van der Waals surface area (Å²) in [6, 6.07) is 7.57. The number of nitrogens with one attached hydrogen (secondary N) is 1. The molecule has 2 aromatic rings. The van der Waals surface area contributed by atoms with Crippen LogP contribution in [0.3, 0.4) is 0 Å². The van der Waals surface area contributed by atoms with Crippen molar-refractivity contribution in [2.75, 3.05) is 40.3 Å². The quantitative estimate of drug-likeness (QED) is 0.383. The molecule has 0 amide bonds. The first-order valence-corrected chi connectivity index (χ1v) is 8.97. The summed E-state index contributed by atoms with van der Waals surface area (Å²) in [6.07, 6.45) is 1.61. The van der Waals surface area contributed by atoms with E-state index in [1.165, 1.54) is 0 Å². The van der Waals surface area contributed by atoms with Gasteiger partial charge in [-0.15, -0.1) is 24.0 Å². The van der Waals surface area contributed by atoms with Crippen molar-refractivity contribution in [2.45, 2.75) is 13.1 Å². The second-order valence-electron chi connectivity index (χ2n) is 6.11. The number of hydrogen-bond donors (Lipinski definition) is 1. The van der Waals surface area contributed by atoms with Gasteiger partial charge in [0.25, 0.3) is 0 Å². The van der Waals surface area contributed by atoms with Crippen LogP contribution in [-0.2, 0) is 13.1 Å². The predicted molar refractivity (Wildman–Crippen MR) is 117 cm³/mol. The topological polar surface area (TPSA) is 66.1 Å². The third-order valence-electron chi connectivity index (χ3n) is 4.45. The molecule has 0 saturated carbocycles. The number of guanidine groups is 1. The number of aromatic nitrogens is 1. The van der Waals surface area contributed by atoms with Crippen LogP contribution in [0.2, 0.25) is 5.02 Å². The number of aliphatic imine (C=N–C) groups is 1. The van der Waals surface area contributed by atoms with Gasteiger partial charge in [-0.25, -0.2) is 0 Å². The van der Waals surface area contributed by atoms with Crippen LogP contribution in [0.1, 0.15) is 11.3 Å². The van der Waals surface area contributed by atoms with E-state index in [2.05, 4.69) is 25.3 Å². The first-order chi connectivity index (χ1) is 12.7. The van der Waals surface area contributed by atoms with E-state index in [1.54, 1.807) is 13.4 Å². The molecule has 7 nitrogen and oxygen atoms in total. The van der Waals surface area contributed by atoms with E-state index in [0.29, 0.717) is 11.6 Å². The molecule has 0 spiro atoms. The Hall–Kier alpha value is -1.52. The molecule has 2 heterocycles. The lowest BCUT2D eigenvalue weighted by molar-refractivity contribution is 0.169. The van der Waals surface area contributed by atoms with E-state index in [0.717, 1.165) is 55.7 Å². The van der Waals surface area contributed by atoms with Gasteiger partial charge in [-0.05, 0) is 12.1 Å². The Morgan fingerprint density at radius 3 is 2.70 bits per heavy atom. The standard InChI is InChI=1S/C18H24ClN5O2.HI/c1-20-18(21-12-14-3-4-15(19)11-17(14)25-2)24-8-6-23(7-9-24)13-16-5-10-26-22-16;/h3-5,10-11H,6-9,12-13H2,1-2H3,(H,20,21);1H. The maximum absolute atomic E-state index is 6.02. The summed E-state index contributed by atoms with van der Waals surface area (Å²) in [5.41, 5.74) is 2.01. The molecular weight excluding hydrogens is 481 g/mol. The highest BCUT2D eigenvalue weighted by Gasteiger charge is 2.20. The first kappa shape index (κ1) is 21.8. The summed E-state index contributed by atoms with van der Waals surface area (Å²) >= 11 is 6.02. The Bertz CT molecular complexity index is 733. The molecule has 9 heteroatoms. The normalized spacial score (nSPS) is 15.4. The van der Waals surface area contributed by atoms with Gasteiger partial charge in [-0.3, -0.25) is 9.89 Å². The fraction of sp³-hybridized carbons (Fsp3) is 0.444. The van der Waals surface area contributed by atoms with Crippen LogP contribution in [0, 0.1) is 0 Å². The average Bonchev–Trinajstić information content (AvgIpc) is 3.17. The molecule has 27 heavy (non-hydrogen) atoms. The van der Waals surface area contributed by atoms with Crippen molar-refractivity contribution in [3.63, 3.8) is 0 Å². The molecule has 1 aromatic carbocycles. The minimum absolute atomic E-state index is 0. The predicted octanol–water partition coefficient (Wildman–Crippen LogP) is 2.85. The Morgan fingerprint density at radius 1 is 1.30 bits per heavy atom. The lowest BCUT2D eigenvalue weighted by Gasteiger charge is -2.36. The van der Waals surface area contributed by atoms with Gasteiger partial charge >= 0.3 is 0 Å². The zero-order valence-electron chi connectivity index (χ0n) is 15.5. The molecule has 1 N–H and O–H groups in total. The minimum atomic E-state index is 0. The van der Waals surface area contributed by atoms with E-state index in [1.807, 2.05) is 31.3 Å². The smallest absolute Gasteiger partial charge is 0.194 e. The maximum atomic E-state index is 6.02. The van der Waals surface area contributed by atoms with E-state index in [4.69, 9.17) is 20.9 Å². The Labute approximate surface area is 181 Å². The number of benzene rings is 1. The first-order valence-electron chi connectivity index (χ1n) is 8.59. The van der Waals surface area contributed by atoms with Gasteiger partial charge in [-0.2, -0.15) is 0 Å². The summed E-state index contributed by atoms with van der Waals surface area (Å²) in [6.45, 7) is 5.19. The monoisotopic (exact) mass is 505 g/mol. The molecule has 1 aromatic heterocycles. The molecule has 1 aliphatic heterocycles. The van der Waals surface area contributed by atoms with Crippen LogP contribution in [0.25, 0.3) is 0 Å². The Kier molecular flexibility index (Phi) is 8.65. The van der Waals surface area contributed by atoms with Gasteiger partial charge in [0.05, 0.1) is 12.8 Å². The van der Waals surface area contributed by atoms with Crippen LogP contribution >= 0.6 is 35.6 Å². The molecule has 1 saturated heterocycles. The highest BCUT2D eigenvalue weighted by atomic mass is 127.